The van der Waals surface area contributed by atoms with Gasteiger partial charge in [0.25, 0.3) is 0 Å². The van der Waals surface area contributed by atoms with Gasteiger partial charge in [0.15, 0.2) is 5.67 Å². The van der Waals surface area contributed by atoms with Crippen LogP contribution in [0.3, 0.4) is 0 Å². The Labute approximate surface area is 112 Å². The van der Waals surface area contributed by atoms with Crippen molar-refractivity contribution in [3.05, 3.63) is 59.7 Å². The summed E-state index contributed by atoms with van der Waals surface area (Å²) < 4.78 is 15.3. The normalized spacial score (nSPS) is 27.7. The Kier molecular flexibility index (Phi) is 3.56. The molecule has 1 N–H and O–H groups in total. The molecule has 2 rings (SSSR count). The molecule has 3 heteroatoms. The zero-order valence-electron chi connectivity index (χ0n) is 11.0. The van der Waals surface area contributed by atoms with Crippen LogP contribution in [-0.2, 0) is 4.79 Å². The van der Waals surface area contributed by atoms with Gasteiger partial charge in [0.2, 0.25) is 0 Å². The molecule has 0 aromatic heterocycles. The molecule has 2 nitrogen and oxygen atoms in total. The van der Waals surface area contributed by atoms with E-state index in [0.29, 0.717) is 0 Å². The first kappa shape index (κ1) is 13.5. The summed E-state index contributed by atoms with van der Waals surface area (Å²) in [6.45, 7) is 3.26. The van der Waals surface area contributed by atoms with Crippen molar-refractivity contribution in [3.8, 4) is 0 Å². The number of rotatable bonds is 3. The highest BCUT2D eigenvalue weighted by Gasteiger charge is 2.47. The molecule has 1 aromatic rings. The second-order valence-corrected chi connectivity index (χ2v) is 5.00. The van der Waals surface area contributed by atoms with Crippen LogP contribution in [0.25, 0.3) is 0 Å². The van der Waals surface area contributed by atoms with Crippen molar-refractivity contribution in [1.82, 2.24) is 0 Å². The van der Waals surface area contributed by atoms with Crippen molar-refractivity contribution in [2.75, 3.05) is 0 Å². The summed E-state index contributed by atoms with van der Waals surface area (Å²) in [6.07, 6.45) is 4.81. The van der Waals surface area contributed by atoms with Gasteiger partial charge in [0, 0.05) is 5.92 Å². The topological polar surface area (TPSA) is 37.3 Å². The lowest BCUT2D eigenvalue weighted by molar-refractivity contribution is -0.145. The van der Waals surface area contributed by atoms with Gasteiger partial charge in [-0.1, -0.05) is 48.1 Å². The minimum Gasteiger partial charge on any atom is -0.481 e. The second-order valence-electron chi connectivity index (χ2n) is 5.00. The number of benzene rings is 1. The van der Waals surface area contributed by atoms with Crippen LogP contribution in [0.15, 0.2) is 54.1 Å². The third-order valence-corrected chi connectivity index (χ3v) is 3.78. The fourth-order valence-electron chi connectivity index (χ4n) is 2.64. The molecule has 0 heterocycles. The maximum Gasteiger partial charge on any atom is 0.309 e. The third-order valence-electron chi connectivity index (χ3n) is 3.78. The monoisotopic (exact) mass is 260 g/mol. The molecular weight excluding hydrogens is 243 g/mol. The molecule has 0 aliphatic heterocycles. The molecule has 0 saturated heterocycles. The summed E-state index contributed by atoms with van der Waals surface area (Å²) in [4.78, 5) is 11.2. The van der Waals surface area contributed by atoms with E-state index in [9.17, 15) is 4.79 Å². The second kappa shape index (κ2) is 5.00. The van der Waals surface area contributed by atoms with Crippen molar-refractivity contribution < 1.29 is 14.3 Å². The van der Waals surface area contributed by atoms with Crippen LogP contribution >= 0.6 is 0 Å². The van der Waals surface area contributed by atoms with E-state index in [4.69, 9.17) is 5.11 Å². The molecule has 0 saturated carbocycles. The summed E-state index contributed by atoms with van der Waals surface area (Å²) in [5.74, 6) is -2.77. The van der Waals surface area contributed by atoms with Crippen LogP contribution in [0.2, 0.25) is 0 Å². The number of aliphatic carboxylic acids is 1. The van der Waals surface area contributed by atoms with Crippen LogP contribution in [0.5, 0.6) is 0 Å². The first-order valence-corrected chi connectivity index (χ1v) is 6.29. The Morgan fingerprint density at radius 1 is 1.37 bits per heavy atom. The van der Waals surface area contributed by atoms with Gasteiger partial charge in [0.05, 0.1) is 5.92 Å². The molecule has 1 aliphatic carbocycles. The Morgan fingerprint density at radius 2 is 2.00 bits per heavy atom. The van der Waals surface area contributed by atoms with Crippen molar-refractivity contribution in [3.63, 3.8) is 0 Å². The fraction of sp³-hybridized carbons (Fsp3) is 0.312. The van der Waals surface area contributed by atoms with E-state index >= 15 is 4.39 Å². The standard InChI is InChI=1S/C16H17FO2/c1-11-7-6-10-16(17,12(2)15(18)19)14(11)13-8-4-3-5-9-13/h3-10,12,14H,1-2H3,(H,18,19). The minimum absolute atomic E-state index is 0.551. The number of carbonyl (C=O) groups is 1. The summed E-state index contributed by atoms with van der Waals surface area (Å²) in [5.41, 5.74) is -0.257. The predicted molar refractivity (Wildman–Crippen MR) is 72.7 cm³/mol. The van der Waals surface area contributed by atoms with Gasteiger partial charge in [-0.15, -0.1) is 0 Å². The number of halogens is 1. The van der Waals surface area contributed by atoms with E-state index in [-0.39, 0.29) is 0 Å². The quantitative estimate of drug-likeness (QED) is 0.899. The largest absolute Gasteiger partial charge is 0.481 e. The zero-order chi connectivity index (χ0) is 14.0. The molecule has 1 aromatic carbocycles. The third kappa shape index (κ3) is 2.33. The summed E-state index contributed by atoms with van der Waals surface area (Å²) >= 11 is 0. The predicted octanol–water partition coefficient (Wildman–Crippen LogP) is 3.72. The maximum absolute atomic E-state index is 15.3. The number of alkyl halides is 1. The molecule has 0 bridgehead atoms. The Morgan fingerprint density at radius 3 is 2.58 bits per heavy atom. The van der Waals surface area contributed by atoms with E-state index < -0.39 is 23.5 Å². The molecule has 100 valence electrons. The molecule has 19 heavy (non-hydrogen) atoms. The van der Waals surface area contributed by atoms with E-state index in [1.165, 1.54) is 13.0 Å². The van der Waals surface area contributed by atoms with E-state index in [2.05, 4.69) is 0 Å². The molecular formula is C16H17FO2. The molecule has 3 atom stereocenters. The summed E-state index contributed by atoms with van der Waals surface area (Å²) in [6, 6.07) is 9.22. The van der Waals surface area contributed by atoms with Gasteiger partial charge in [-0.25, -0.2) is 4.39 Å². The Balaban J connectivity index is 2.50. The van der Waals surface area contributed by atoms with Crippen LogP contribution < -0.4 is 0 Å². The highest BCUT2D eigenvalue weighted by atomic mass is 19.1. The molecule has 0 radical (unpaired) electrons. The lowest BCUT2D eigenvalue weighted by atomic mass is 9.70. The highest BCUT2D eigenvalue weighted by Crippen LogP contribution is 2.45. The number of allylic oxidation sites excluding steroid dienone is 4. The Hall–Kier alpha value is -1.90. The molecule has 0 amide bonds. The minimum atomic E-state index is -1.90. The first-order chi connectivity index (χ1) is 8.97. The van der Waals surface area contributed by atoms with Gasteiger partial charge in [-0.05, 0) is 25.5 Å². The van der Waals surface area contributed by atoms with E-state index in [1.54, 1.807) is 6.08 Å². The lowest BCUT2D eigenvalue weighted by Gasteiger charge is -2.37. The van der Waals surface area contributed by atoms with Crippen molar-refractivity contribution in [2.24, 2.45) is 5.92 Å². The Bertz CT molecular complexity index is 533. The van der Waals surface area contributed by atoms with Gasteiger partial charge in [-0.3, -0.25) is 4.79 Å². The van der Waals surface area contributed by atoms with Crippen LogP contribution in [0, 0.1) is 5.92 Å². The molecule has 0 spiro atoms. The van der Waals surface area contributed by atoms with Crippen LogP contribution in [0.1, 0.15) is 25.3 Å². The number of hydrogen-bond donors (Lipinski definition) is 1. The first-order valence-electron chi connectivity index (χ1n) is 6.29. The number of hydrogen-bond acceptors (Lipinski definition) is 1. The van der Waals surface area contributed by atoms with Crippen LogP contribution in [0.4, 0.5) is 4.39 Å². The number of carboxylic acids is 1. The maximum atomic E-state index is 15.3. The molecule has 1 aliphatic rings. The lowest BCUT2D eigenvalue weighted by Crippen LogP contribution is -2.42. The smallest absolute Gasteiger partial charge is 0.309 e. The van der Waals surface area contributed by atoms with Crippen molar-refractivity contribution in [2.45, 2.75) is 25.4 Å². The van der Waals surface area contributed by atoms with Gasteiger partial charge < -0.3 is 5.11 Å². The van der Waals surface area contributed by atoms with Gasteiger partial charge in [-0.2, -0.15) is 0 Å². The van der Waals surface area contributed by atoms with Crippen LogP contribution in [-0.4, -0.2) is 16.7 Å². The SMILES string of the molecule is CC1=CC=CC(F)(C(C)C(=O)O)C1c1ccccc1. The van der Waals surface area contributed by atoms with E-state index in [0.717, 1.165) is 11.1 Å². The average molecular weight is 260 g/mol. The summed E-state index contributed by atoms with van der Waals surface area (Å²) in [5, 5.41) is 9.16. The van der Waals surface area contributed by atoms with Crippen molar-refractivity contribution >= 4 is 5.97 Å². The zero-order valence-corrected chi connectivity index (χ0v) is 11.0. The highest BCUT2D eigenvalue weighted by molar-refractivity contribution is 5.72. The fourth-order valence-corrected chi connectivity index (χ4v) is 2.64. The summed E-state index contributed by atoms with van der Waals surface area (Å²) in [7, 11) is 0. The average Bonchev–Trinajstić information content (AvgIpc) is 2.38. The number of carboxylic acid groups (broad SMARTS) is 1. The molecule has 3 unspecified atom stereocenters. The van der Waals surface area contributed by atoms with Gasteiger partial charge >= 0.3 is 5.97 Å². The molecule has 0 fully saturated rings. The van der Waals surface area contributed by atoms with Crippen molar-refractivity contribution in [1.29, 1.82) is 0 Å². The van der Waals surface area contributed by atoms with E-state index in [1.807, 2.05) is 43.3 Å². The van der Waals surface area contributed by atoms with Gasteiger partial charge in [0.1, 0.15) is 0 Å².